The van der Waals surface area contributed by atoms with Crippen molar-refractivity contribution in [3.05, 3.63) is 87.9 Å². The molecule has 3 aromatic carbocycles. The van der Waals surface area contributed by atoms with Crippen LogP contribution in [0.2, 0.25) is 0 Å². The highest BCUT2D eigenvalue weighted by atomic mass is 79.9. The van der Waals surface area contributed by atoms with E-state index in [0.717, 1.165) is 10.5 Å². The molecule has 29 heavy (non-hydrogen) atoms. The molecule has 1 amide bonds. The Balaban J connectivity index is 1.71. The van der Waals surface area contributed by atoms with Crippen LogP contribution in [0.4, 0.5) is 5.69 Å². The minimum atomic E-state index is -1.36. The molecular weight excluding hydrogens is 442 g/mol. The number of hydrogen-bond donors (Lipinski definition) is 3. The Kier molecular flexibility index (Phi) is 5.94. The number of aromatic carboxylic acids is 2. The zero-order valence-corrected chi connectivity index (χ0v) is 16.3. The van der Waals surface area contributed by atoms with Crippen LogP contribution in [-0.4, -0.2) is 28.1 Å². The molecule has 0 bridgehead atoms. The normalized spacial score (nSPS) is 10.2. The highest BCUT2D eigenvalue weighted by Gasteiger charge is 2.17. The lowest BCUT2D eigenvalue weighted by Gasteiger charge is -2.10. The summed E-state index contributed by atoms with van der Waals surface area (Å²) in [4.78, 5) is 34.6. The predicted octanol–water partition coefficient (Wildman–Crippen LogP) is 4.89. The predicted molar refractivity (Wildman–Crippen MR) is 109 cm³/mol. The Morgan fingerprint density at radius 1 is 0.759 bits per heavy atom. The zero-order valence-electron chi connectivity index (χ0n) is 14.8. The molecule has 7 nitrogen and oxygen atoms in total. The topological polar surface area (TPSA) is 113 Å². The molecule has 0 atom stereocenters. The van der Waals surface area contributed by atoms with E-state index in [4.69, 9.17) is 9.84 Å². The second-order valence-corrected chi connectivity index (χ2v) is 6.82. The number of rotatable bonds is 6. The van der Waals surface area contributed by atoms with Crippen LogP contribution in [0.1, 0.15) is 31.1 Å². The van der Waals surface area contributed by atoms with Crippen molar-refractivity contribution in [1.82, 2.24) is 0 Å². The Morgan fingerprint density at radius 2 is 1.34 bits per heavy atom. The molecule has 0 unspecified atom stereocenters. The van der Waals surface area contributed by atoms with Crippen molar-refractivity contribution in [2.75, 3.05) is 5.32 Å². The quantitative estimate of drug-likeness (QED) is 0.487. The Bertz CT molecular complexity index is 1080. The van der Waals surface area contributed by atoms with Crippen LogP contribution in [0, 0.1) is 0 Å². The smallest absolute Gasteiger partial charge is 0.336 e. The SMILES string of the molecule is O=C(Nc1ccc(Oc2ccc(C(=O)O)c(C(=O)O)c2)cc1)c1ccc(Br)cc1. The average molecular weight is 456 g/mol. The van der Waals surface area contributed by atoms with E-state index in [1.807, 2.05) is 0 Å². The van der Waals surface area contributed by atoms with Gasteiger partial charge in [0.05, 0.1) is 11.1 Å². The van der Waals surface area contributed by atoms with Gasteiger partial charge in [-0.25, -0.2) is 9.59 Å². The lowest BCUT2D eigenvalue weighted by molar-refractivity contribution is 0.0651. The van der Waals surface area contributed by atoms with Gasteiger partial charge in [-0.3, -0.25) is 4.79 Å². The molecule has 0 saturated heterocycles. The number of hydrogen-bond acceptors (Lipinski definition) is 4. The van der Waals surface area contributed by atoms with E-state index in [1.54, 1.807) is 48.5 Å². The summed E-state index contributed by atoms with van der Waals surface area (Å²) in [6, 6.07) is 17.1. The van der Waals surface area contributed by atoms with E-state index >= 15 is 0 Å². The fourth-order valence-electron chi connectivity index (χ4n) is 2.50. The molecular formula is C21H14BrNO6. The van der Waals surface area contributed by atoms with Crippen LogP contribution >= 0.6 is 15.9 Å². The monoisotopic (exact) mass is 455 g/mol. The van der Waals surface area contributed by atoms with Gasteiger partial charge in [-0.05, 0) is 66.7 Å². The molecule has 0 radical (unpaired) electrons. The van der Waals surface area contributed by atoms with Crippen LogP contribution in [0.25, 0.3) is 0 Å². The van der Waals surface area contributed by atoms with Crippen molar-refractivity contribution in [1.29, 1.82) is 0 Å². The molecule has 0 aliphatic heterocycles. The maximum atomic E-state index is 12.2. The fourth-order valence-corrected chi connectivity index (χ4v) is 2.76. The second kappa shape index (κ2) is 8.57. The van der Waals surface area contributed by atoms with E-state index in [9.17, 15) is 19.5 Å². The van der Waals surface area contributed by atoms with Crippen LogP contribution in [0.15, 0.2) is 71.2 Å². The van der Waals surface area contributed by atoms with Gasteiger partial charge in [-0.1, -0.05) is 15.9 Å². The molecule has 0 saturated carbocycles. The van der Waals surface area contributed by atoms with Gasteiger partial charge in [0.15, 0.2) is 0 Å². The van der Waals surface area contributed by atoms with Crippen LogP contribution in [0.3, 0.4) is 0 Å². The summed E-state index contributed by atoms with van der Waals surface area (Å²) in [5, 5.41) is 21.0. The highest BCUT2D eigenvalue weighted by molar-refractivity contribution is 9.10. The molecule has 8 heteroatoms. The standard InChI is InChI=1S/C21H14BrNO6/c22-13-3-1-12(2-4-13)19(24)23-14-5-7-15(8-6-14)29-16-9-10-17(20(25)26)18(11-16)21(27)28/h1-11H,(H,23,24)(H,25,26)(H,27,28). The van der Waals surface area contributed by atoms with Crippen molar-refractivity contribution in [3.63, 3.8) is 0 Å². The maximum absolute atomic E-state index is 12.2. The first-order chi connectivity index (χ1) is 13.8. The molecule has 146 valence electrons. The molecule has 0 aliphatic carbocycles. The van der Waals surface area contributed by atoms with Crippen molar-refractivity contribution in [2.24, 2.45) is 0 Å². The number of amides is 1. The fraction of sp³-hybridized carbons (Fsp3) is 0. The highest BCUT2D eigenvalue weighted by Crippen LogP contribution is 2.26. The molecule has 3 rings (SSSR count). The number of nitrogens with one attached hydrogen (secondary N) is 1. The van der Waals surface area contributed by atoms with Gasteiger partial charge >= 0.3 is 11.9 Å². The average Bonchev–Trinajstić information content (AvgIpc) is 2.69. The maximum Gasteiger partial charge on any atom is 0.336 e. The third-order valence-corrected chi connectivity index (χ3v) is 4.43. The summed E-state index contributed by atoms with van der Waals surface area (Å²) in [5.41, 5.74) is 0.371. The van der Waals surface area contributed by atoms with E-state index in [2.05, 4.69) is 21.2 Å². The number of carbonyl (C=O) groups is 3. The van der Waals surface area contributed by atoms with Crippen LogP contribution in [-0.2, 0) is 0 Å². The van der Waals surface area contributed by atoms with Gasteiger partial charge in [0.1, 0.15) is 11.5 Å². The minimum absolute atomic E-state index is 0.180. The third kappa shape index (κ3) is 4.99. The number of carboxylic acid groups (broad SMARTS) is 2. The van der Waals surface area contributed by atoms with Gasteiger partial charge in [0, 0.05) is 15.7 Å². The summed E-state index contributed by atoms with van der Waals surface area (Å²) in [6.07, 6.45) is 0. The van der Waals surface area contributed by atoms with E-state index in [-0.39, 0.29) is 22.8 Å². The van der Waals surface area contributed by atoms with Crippen molar-refractivity contribution < 1.29 is 29.3 Å². The summed E-state index contributed by atoms with van der Waals surface area (Å²) >= 11 is 3.31. The largest absolute Gasteiger partial charge is 0.478 e. The second-order valence-electron chi connectivity index (χ2n) is 5.91. The van der Waals surface area contributed by atoms with Crippen LogP contribution < -0.4 is 10.1 Å². The lowest BCUT2D eigenvalue weighted by Crippen LogP contribution is -2.11. The van der Waals surface area contributed by atoms with E-state index < -0.39 is 11.9 Å². The van der Waals surface area contributed by atoms with Gasteiger partial charge < -0.3 is 20.3 Å². The first-order valence-electron chi connectivity index (χ1n) is 8.29. The van der Waals surface area contributed by atoms with Gasteiger partial charge in [0.2, 0.25) is 0 Å². The van der Waals surface area contributed by atoms with Crippen molar-refractivity contribution in [2.45, 2.75) is 0 Å². The van der Waals surface area contributed by atoms with E-state index in [1.165, 1.54) is 12.1 Å². The number of halogens is 1. The number of anilines is 1. The molecule has 0 fully saturated rings. The molecule has 0 aromatic heterocycles. The van der Waals surface area contributed by atoms with Crippen molar-refractivity contribution in [3.8, 4) is 11.5 Å². The molecule has 0 spiro atoms. The Morgan fingerprint density at radius 3 is 1.93 bits per heavy atom. The van der Waals surface area contributed by atoms with Gasteiger partial charge in [-0.15, -0.1) is 0 Å². The molecule has 3 aromatic rings. The molecule has 3 N–H and O–H groups in total. The van der Waals surface area contributed by atoms with Crippen LogP contribution in [0.5, 0.6) is 11.5 Å². The Hall–Kier alpha value is -3.65. The first kappa shape index (κ1) is 20.1. The third-order valence-electron chi connectivity index (χ3n) is 3.91. The Labute approximate surface area is 173 Å². The lowest BCUT2D eigenvalue weighted by atomic mass is 10.1. The van der Waals surface area contributed by atoms with Crippen molar-refractivity contribution >= 4 is 39.5 Å². The summed E-state index contributed by atoms with van der Waals surface area (Å²) in [7, 11) is 0. The van der Waals surface area contributed by atoms with E-state index in [0.29, 0.717) is 17.0 Å². The number of benzene rings is 3. The molecule has 0 heterocycles. The summed E-state index contributed by atoms with van der Waals surface area (Å²) < 4.78 is 6.46. The number of carbonyl (C=O) groups excluding carboxylic acids is 1. The van der Waals surface area contributed by atoms with Gasteiger partial charge in [-0.2, -0.15) is 0 Å². The van der Waals surface area contributed by atoms with Gasteiger partial charge in [0.25, 0.3) is 5.91 Å². The summed E-state index contributed by atoms with van der Waals surface area (Å²) in [6.45, 7) is 0. The first-order valence-corrected chi connectivity index (χ1v) is 9.08. The molecule has 0 aliphatic rings. The number of carboxylic acids is 2. The zero-order chi connectivity index (χ0) is 21.0. The minimum Gasteiger partial charge on any atom is -0.478 e. The summed E-state index contributed by atoms with van der Waals surface area (Å²) in [5.74, 6) is -2.38. The number of ether oxygens (including phenoxy) is 1.